The van der Waals surface area contributed by atoms with E-state index in [-0.39, 0.29) is 12.1 Å². The monoisotopic (exact) mass is 267 g/mol. The van der Waals surface area contributed by atoms with Crippen LogP contribution in [0.25, 0.3) is 0 Å². The van der Waals surface area contributed by atoms with Gasteiger partial charge >= 0.3 is 5.97 Å². The molecule has 0 heterocycles. The van der Waals surface area contributed by atoms with Crippen LogP contribution in [0.3, 0.4) is 0 Å². The maximum Gasteiger partial charge on any atom is 0.326 e. The van der Waals surface area contributed by atoms with E-state index in [0.29, 0.717) is 23.7 Å². The molecule has 2 aliphatic carbocycles. The molecule has 110 valence electrons. The SMILES string of the molecule is CC1CCC(C(C)C)C(OC(=O)C(C)(N)C2CC2)C1. The molecule has 2 fully saturated rings. The Balaban J connectivity index is 2.00. The second-order valence-corrected chi connectivity index (χ2v) is 7.33. The number of nitrogens with two attached hydrogens (primary N) is 1. The molecule has 0 aliphatic heterocycles. The van der Waals surface area contributed by atoms with Crippen LogP contribution in [0, 0.1) is 23.7 Å². The Morgan fingerprint density at radius 3 is 2.42 bits per heavy atom. The van der Waals surface area contributed by atoms with E-state index < -0.39 is 5.54 Å². The molecule has 0 spiro atoms. The first-order valence-electron chi connectivity index (χ1n) is 7.82. The summed E-state index contributed by atoms with van der Waals surface area (Å²) in [7, 11) is 0. The summed E-state index contributed by atoms with van der Waals surface area (Å²) in [5.41, 5.74) is 5.39. The minimum absolute atomic E-state index is 0.0675. The molecule has 0 saturated heterocycles. The van der Waals surface area contributed by atoms with Gasteiger partial charge in [-0.2, -0.15) is 0 Å². The lowest BCUT2D eigenvalue weighted by Gasteiger charge is -2.38. The second kappa shape index (κ2) is 5.43. The van der Waals surface area contributed by atoms with E-state index in [1.807, 2.05) is 6.92 Å². The summed E-state index contributed by atoms with van der Waals surface area (Å²) in [6, 6.07) is 0. The number of esters is 1. The average molecular weight is 267 g/mol. The van der Waals surface area contributed by atoms with Gasteiger partial charge < -0.3 is 10.5 Å². The molecule has 19 heavy (non-hydrogen) atoms. The van der Waals surface area contributed by atoms with Crippen molar-refractivity contribution in [2.75, 3.05) is 0 Å². The van der Waals surface area contributed by atoms with Crippen LogP contribution in [-0.2, 0) is 9.53 Å². The number of carbonyl (C=O) groups excluding carboxylic acids is 1. The lowest BCUT2D eigenvalue weighted by atomic mass is 9.75. The van der Waals surface area contributed by atoms with Crippen LogP contribution in [-0.4, -0.2) is 17.6 Å². The van der Waals surface area contributed by atoms with Crippen molar-refractivity contribution in [1.82, 2.24) is 0 Å². The van der Waals surface area contributed by atoms with Crippen LogP contribution in [0.5, 0.6) is 0 Å². The molecule has 0 aromatic heterocycles. The van der Waals surface area contributed by atoms with Crippen molar-refractivity contribution < 1.29 is 9.53 Å². The van der Waals surface area contributed by atoms with Crippen molar-refractivity contribution in [1.29, 1.82) is 0 Å². The largest absolute Gasteiger partial charge is 0.461 e. The second-order valence-electron chi connectivity index (χ2n) is 7.33. The molecular formula is C16H29NO2. The van der Waals surface area contributed by atoms with Gasteiger partial charge in [0.2, 0.25) is 0 Å². The van der Waals surface area contributed by atoms with Gasteiger partial charge in [0, 0.05) is 0 Å². The van der Waals surface area contributed by atoms with Gasteiger partial charge in [-0.3, -0.25) is 4.79 Å². The third-order valence-corrected chi connectivity index (χ3v) is 5.08. The first-order chi connectivity index (χ1) is 8.82. The summed E-state index contributed by atoms with van der Waals surface area (Å²) in [4.78, 5) is 12.3. The van der Waals surface area contributed by atoms with Gasteiger partial charge in [0.15, 0.2) is 0 Å². The predicted molar refractivity (Wildman–Crippen MR) is 76.5 cm³/mol. The average Bonchev–Trinajstić information content (AvgIpc) is 3.12. The van der Waals surface area contributed by atoms with Gasteiger partial charge in [0.25, 0.3) is 0 Å². The van der Waals surface area contributed by atoms with Gasteiger partial charge in [0.05, 0.1) is 0 Å². The fraction of sp³-hybridized carbons (Fsp3) is 0.938. The molecule has 2 N–H and O–H groups in total. The van der Waals surface area contributed by atoms with E-state index in [4.69, 9.17) is 10.5 Å². The van der Waals surface area contributed by atoms with E-state index in [2.05, 4.69) is 20.8 Å². The maximum atomic E-state index is 12.3. The highest BCUT2D eigenvalue weighted by Crippen LogP contribution is 2.40. The highest BCUT2D eigenvalue weighted by Gasteiger charge is 2.47. The molecule has 4 atom stereocenters. The Morgan fingerprint density at radius 1 is 1.26 bits per heavy atom. The van der Waals surface area contributed by atoms with Gasteiger partial charge in [-0.05, 0) is 56.3 Å². The minimum Gasteiger partial charge on any atom is -0.461 e. The molecule has 0 bridgehead atoms. The van der Waals surface area contributed by atoms with E-state index in [0.717, 1.165) is 19.3 Å². The fourth-order valence-electron chi connectivity index (χ4n) is 3.36. The van der Waals surface area contributed by atoms with Gasteiger partial charge in [-0.25, -0.2) is 0 Å². The van der Waals surface area contributed by atoms with Crippen LogP contribution in [0.2, 0.25) is 0 Å². The first-order valence-corrected chi connectivity index (χ1v) is 7.82. The Morgan fingerprint density at radius 2 is 1.89 bits per heavy atom. The number of rotatable bonds is 4. The third kappa shape index (κ3) is 3.31. The van der Waals surface area contributed by atoms with Crippen molar-refractivity contribution in [3.05, 3.63) is 0 Å². The van der Waals surface area contributed by atoms with E-state index in [1.54, 1.807) is 0 Å². The minimum atomic E-state index is -0.776. The van der Waals surface area contributed by atoms with Gasteiger partial charge in [-0.15, -0.1) is 0 Å². The third-order valence-electron chi connectivity index (χ3n) is 5.08. The molecule has 2 rings (SSSR count). The Hall–Kier alpha value is -0.570. The Labute approximate surface area is 117 Å². The molecule has 0 radical (unpaired) electrons. The molecule has 2 saturated carbocycles. The summed E-state index contributed by atoms with van der Waals surface area (Å²) in [6.07, 6.45) is 5.61. The molecule has 4 unspecified atom stereocenters. The summed E-state index contributed by atoms with van der Waals surface area (Å²) in [5, 5.41) is 0. The van der Waals surface area contributed by atoms with E-state index in [9.17, 15) is 4.79 Å². The van der Waals surface area contributed by atoms with Crippen molar-refractivity contribution in [3.8, 4) is 0 Å². The van der Waals surface area contributed by atoms with Crippen LogP contribution < -0.4 is 5.73 Å². The van der Waals surface area contributed by atoms with E-state index >= 15 is 0 Å². The Bertz CT molecular complexity index is 334. The molecule has 0 amide bonds. The highest BCUT2D eigenvalue weighted by atomic mass is 16.5. The highest BCUT2D eigenvalue weighted by molar-refractivity contribution is 5.81. The topological polar surface area (TPSA) is 52.3 Å². The molecule has 0 aromatic carbocycles. The number of ether oxygens (including phenoxy) is 1. The summed E-state index contributed by atoms with van der Waals surface area (Å²) < 4.78 is 5.84. The fourth-order valence-corrected chi connectivity index (χ4v) is 3.36. The lowest BCUT2D eigenvalue weighted by Crippen LogP contribution is -2.50. The Kier molecular flexibility index (Phi) is 4.24. The summed E-state index contributed by atoms with van der Waals surface area (Å²) in [5.74, 6) is 1.86. The van der Waals surface area contributed by atoms with Crippen LogP contribution in [0.4, 0.5) is 0 Å². The van der Waals surface area contributed by atoms with Crippen LogP contribution in [0.1, 0.15) is 59.8 Å². The number of carbonyl (C=O) groups is 1. The zero-order chi connectivity index (χ0) is 14.2. The number of hydrogen-bond acceptors (Lipinski definition) is 3. The standard InChI is InChI=1S/C16H29NO2/c1-10(2)13-8-5-11(3)9-14(13)19-15(18)16(4,17)12-6-7-12/h10-14H,5-9,17H2,1-4H3. The van der Waals surface area contributed by atoms with Gasteiger partial charge in [0.1, 0.15) is 11.6 Å². The molecule has 3 nitrogen and oxygen atoms in total. The van der Waals surface area contributed by atoms with Gasteiger partial charge in [-0.1, -0.05) is 27.2 Å². The zero-order valence-corrected chi connectivity index (χ0v) is 12.8. The normalized spacial score (nSPS) is 34.9. The predicted octanol–water partition coefficient (Wildman–Crippen LogP) is 3.12. The molecule has 0 aromatic rings. The van der Waals surface area contributed by atoms with Crippen molar-refractivity contribution in [3.63, 3.8) is 0 Å². The zero-order valence-electron chi connectivity index (χ0n) is 12.8. The molecule has 2 aliphatic rings. The van der Waals surface area contributed by atoms with Crippen molar-refractivity contribution in [2.45, 2.75) is 71.4 Å². The first kappa shape index (κ1) is 14.8. The quantitative estimate of drug-likeness (QED) is 0.796. The maximum absolute atomic E-state index is 12.3. The summed E-state index contributed by atoms with van der Waals surface area (Å²) in [6.45, 7) is 8.54. The number of hydrogen-bond donors (Lipinski definition) is 1. The molecule has 3 heteroatoms. The lowest BCUT2D eigenvalue weighted by molar-refractivity contribution is -0.162. The molecular weight excluding hydrogens is 238 g/mol. The van der Waals surface area contributed by atoms with E-state index in [1.165, 1.54) is 12.8 Å². The van der Waals surface area contributed by atoms with Crippen LogP contribution >= 0.6 is 0 Å². The summed E-state index contributed by atoms with van der Waals surface area (Å²) >= 11 is 0. The smallest absolute Gasteiger partial charge is 0.326 e. The van der Waals surface area contributed by atoms with Crippen molar-refractivity contribution >= 4 is 5.97 Å². The van der Waals surface area contributed by atoms with Crippen LogP contribution in [0.15, 0.2) is 0 Å². The van der Waals surface area contributed by atoms with Crippen molar-refractivity contribution in [2.24, 2.45) is 29.4 Å².